The first-order valence-corrected chi connectivity index (χ1v) is 9.52. The van der Waals surface area contributed by atoms with Gasteiger partial charge in [-0.05, 0) is 48.2 Å². The highest BCUT2D eigenvalue weighted by molar-refractivity contribution is 7.81. The molecule has 0 amide bonds. The molecular weight excluding hydrogens is 375 g/mol. The van der Waals surface area contributed by atoms with Crippen LogP contribution in [0.1, 0.15) is 29.5 Å². The lowest BCUT2D eigenvalue weighted by Gasteiger charge is -2.41. The van der Waals surface area contributed by atoms with Crippen molar-refractivity contribution in [2.75, 3.05) is 13.2 Å². The molecule has 1 N–H and O–H groups in total. The number of benzene rings is 2. The number of ether oxygens (including phenoxy) is 2. The maximum Gasteiger partial charge on any atom is 0.207 e. The Hall–Kier alpha value is -1.11. The van der Waals surface area contributed by atoms with Crippen molar-refractivity contribution in [2.24, 2.45) is 0 Å². The molecule has 26 heavy (non-hydrogen) atoms. The molecule has 2 aliphatic heterocycles. The van der Waals surface area contributed by atoms with Crippen LogP contribution in [0.25, 0.3) is 0 Å². The van der Waals surface area contributed by atoms with E-state index in [0.29, 0.717) is 30.0 Å². The minimum Gasteiger partial charge on any atom is -0.393 e. The summed E-state index contributed by atoms with van der Waals surface area (Å²) in [6.45, 7) is 0.207. The summed E-state index contributed by atoms with van der Waals surface area (Å²) >= 11 is 10.6. The molecule has 3 atom stereocenters. The zero-order chi connectivity index (χ0) is 18.4. The number of halogens is 2. The van der Waals surface area contributed by atoms with Crippen molar-refractivity contribution in [1.29, 1.82) is 0 Å². The number of hydrogen-bond donors (Lipinski definition) is 2. The maximum atomic E-state index is 14.4. The third-order valence-corrected chi connectivity index (χ3v) is 6.12. The summed E-state index contributed by atoms with van der Waals surface area (Å²) < 4.78 is 26.6. The third kappa shape index (κ3) is 3.06. The number of rotatable bonds is 4. The van der Waals surface area contributed by atoms with Gasteiger partial charge in [0.2, 0.25) is 5.79 Å². The summed E-state index contributed by atoms with van der Waals surface area (Å²) in [5.41, 5.74) is 1.56. The molecule has 138 valence electrons. The molecule has 2 saturated heterocycles. The van der Waals surface area contributed by atoms with Gasteiger partial charge in [-0.2, -0.15) is 12.6 Å². The Labute approximate surface area is 162 Å². The summed E-state index contributed by atoms with van der Waals surface area (Å²) in [6, 6.07) is 12.3. The van der Waals surface area contributed by atoms with Gasteiger partial charge in [0.15, 0.2) is 0 Å². The van der Waals surface area contributed by atoms with Gasteiger partial charge in [-0.1, -0.05) is 29.8 Å². The number of fused-ring (bicyclic) bond motifs is 2. The van der Waals surface area contributed by atoms with Crippen LogP contribution in [-0.2, 0) is 21.7 Å². The molecule has 0 aromatic heterocycles. The van der Waals surface area contributed by atoms with Crippen LogP contribution in [0.5, 0.6) is 0 Å². The molecule has 2 aromatic rings. The molecule has 2 aromatic carbocycles. The van der Waals surface area contributed by atoms with Gasteiger partial charge in [-0.15, -0.1) is 0 Å². The zero-order valence-electron chi connectivity index (χ0n) is 14.1. The lowest BCUT2D eigenvalue weighted by Crippen LogP contribution is -2.48. The minimum absolute atomic E-state index is 0.103. The lowest BCUT2D eigenvalue weighted by atomic mass is 9.89. The van der Waals surface area contributed by atoms with Crippen molar-refractivity contribution in [2.45, 2.75) is 35.9 Å². The van der Waals surface area contributed by atoms with E-state index in [9.17, 15) is 9.50 Å². The Kier molecular flexibility index (Phi) is 4.78. The topological polar surface area (TPSA) is 38.7 Å². The van der Waals surface area contributed by atoms with Gasteiger partial charge >= 0.3 is 0 Å². The van der Waals surface area contributed by atoms with Gasteiger partial charge in [0.05, 0.1) is 18.5 Å². The molecule has 2 bridgehead atoms. The van der Waals surface area contributed by atoms with Gasteiger partial charge < -0.3 is 14.6 Å². The summed E-state index contributed by atoms with van der Waals surface area (Å²) in [5, 5.41) is 10.2. The number of hydrogen-bond acceptors (Lipinski definition) is 4. The molecular formula is C20H20ClFO3S. The van der Waals surface area contributed by atoms with E-state index in [-0.39, 0.29) is 17.7 Å². The van der Waals surface area contributed by atoms with Gasteiger partial charge in [0.1, 0.15) is 11.4 Å². The van der Waals surface area contributed by atoms with Gasteiger partial charge in [0.25, 0.3) is 0 Å². The van der Waals surface area contributed by atoms with Crippen molar-refractivity contribution >= 4 is 24.2 Å². The molecule has 0 unspecified atom stereocenters. The first-order valence-electron chi connectivity index (χ1n) is 8.63. The predicted octanol–water partition coefficient (Wildman–Crippen LogP) is 4.09. The molecule has 0 saturated carbocycles. The van der Waals surface area contributed by atoms with Gasteiger partial charge in [-0.25, -0.2) is 4.39 Å². The van der Waals surface area contributed by atoms with Crippen LogP contribution < -0.4 is 0 Å². The van der Waals surface area contributed by atoms with E-state index in [2.05, 4.69) is 12.6 Å². The standard InChI is InChI=1S/C20H20ClFO3S/c21-16-4-1-13(2-5-16)9-14-10-15(3-6-17(14)22)20-18(26)7-8-19(11-23,25-20)12-24-20/h1-6,10,18,23,26H,7-9,11-12H2/t18-,19-,20-/m0/s1. The monoisotopic (exact) mass is 394 g/mol. The summed E-state index contributed by atoms with van der Waals surface area (Å²) in [6.07, 6.45) is 1.89. The Morgan fingerprint density at radius 2 is 2.00 bits per heavy atom. The van der Waals surface area contributed by atoms with E-state index >= 15 is 0 Å². The van der Waals surface area contributed by atoms with Crippen LogP contribution in [-0.4, -0.2) is 29.2 Å². The Morgan fingerprint density at radius 3 is 2.73 bits per heavy atom. The van der Waals surface area contributed by atoms with Crippen molar-refractivity contribution < 1.29 is 19.0 Å². The van der Waals surface area contributed by atoms with Crippen molar-refractivity contribution in [1.82, 2.24) is 0 Å². The highest BCUT2D eigenvalue weighted by Crippen LogP contribution is 2.51. The summed E-state index contributed by atoms with van der Waals surface area (Å²) in [5.74, 6) is -1.33. The molecule has 6 heteroatoms. The zero-order valence-corrected chi connectivity index (χ0v) is 15.8. The fraction of sp³-hybridized carbons (Fsp3) is 0.400. The van der Waals surface area contributed by atoms with E-state index in [0.717, 1.165) is 17.5 Å². The van der Waals surface area contributed by atoms with Crippen LogP contribution >= 0.6 is 24.2 Å². The summed E-state index contributed by atoms with van der Waals surface area (Å²) in [7, 11) is 0. The first kappa shape index (κ1) is 18.3. The Bertz CT molecular complexity index is 815. The second-order valence-electron chi connectivity index (χ2n) is 7.06. The van der Waals surface area contributed by atoms with Crippen molar-refractivity contribution in [3.63, 3.8) is 0 Å². The predicted molar refractivity (Wildman–Crippen MR) is 101 cm³/mol. The Morgan fingerprint density at radius 1 is 1.23 bits per heavy atom. The van der Waals surface area contributed by atoms with Gasteiger partial charge in [-0.3, -0.25) is 0 Å². The highest BCUT2D eigenvalue weighted by atomic mass is 35.5. The largest absolute Gasteiger partial charge is 0.393 e. The lowest BCUT2D eigenvalue weighted by molar-refractivity contribution is -0.222. The van der Waals surface area contributed by atoms with Crippen LogP contribution in [0.15, 0.2) is 42.5 Å². The molecule has 0 radical (unpaired) electrons. The normalized spacial score (nSPS) is 30.5. The van der Waals surface area contributed by atoms with E-state index in [1.54, 1.807) is 24.3 Å². The average Bonchev–Trinajstić information content (AvgIpc) is 2.99. The second-order valence-corrected chi connectivity index (χ2v) is 8.12. The van der Waals surface area contributed by atoms with E-state index in [1.807, 2.05) is 12.1 Å². The van der Waals surface area contributed by atoms with Crippen LogP contribution in [0.2, 0.25) is 5.02 Å². The molecule has 4 rings (SSSR count). The molecule has 2 aliphatic rings. The first-order chi connectivity index (χ1) is 12.5. The van der Waals surface area contributed by atoms with E-state index in [1.165, 1.54) is 6.07 Å². The van der Waals surface area contributed by atoms with Crippen LogP contribution in [0, 0.1) is 5.82 Å². The van der Waals surface area contributed by atoms with E-state index < -0.39 is 11.4 Å². The second kappa shape index (κ2) is 6.80. The SMILES string of the molecule is OC[C@@]12CC[C@H](S)[C@@](c3ccc(F)c(Cc4ccc(Cl)cc4)c3)(OC1)O2. The average molecular weight is 395 g/mol. The Balaban J connectivity index is 1.68. The quantitative estimate of drug-likeness (QED) is 0.767. The third-order valence-electron chi connectivity index (χ3n) is 5.27. The number of aliphatic hydroxyl groups is 1. The van der Waals surface area contributed by atoms with Crippen molar-refractivity contribution in [3.05, 3.63) is 70.0 Å². The molecule has 0 aliphatic carbocycles. The number of aliphatic hydroxyl groups excluding tert-OH is 1. The smallest absolute Gasteiger partial charge is 0.207 e. The molecule has 2 heterocycles. The molecule has 0 spiro atoms. The van der Waals surface area contributed by atoms with Crippen LogP contribution in [0.3, 0.4) is 0 Å². The highest BCUT2D eigenvalue weighted by Gasteiger charge is 2.58. The van der Waals surface area contributed by atoms with E-state index in [4.69, 9.17) is 21.1 Å². The number of thiol groups is 1. The minimum atomic E-state index is -1.05. The fourth-order valence-corrected chi connectivity index (χ4v) is 4.27. The van der Waals surface area contributed by atoms with Crippen LogP contribution in [0.4, 0.5) is 4.39 Å². The maximum absolute atomic E-state index is 14.4. The molecule has 2 fully saturated rings. The molecule has 3 nitrogen and oxygen atoms in total. The summed E-state index contributed by atoms with van der Waals surface area (Å²) in [4.78, 5) is 0. The van der Waals surface area contributed by atoms with Gasteiger partial charge in [0, 0.05) is 17.0 Å². The van der Waals surface area contributed by atoms with Crippen molar-refractivity contribution in [3.8, 4) is 0 Å². The fourth-order valence-electron chi connectivity index (χ4n) is 3.74.